The van der Waals surface area contributed by atoms with Crippen molar-refractivity contribution in [2.75, 3.05) is 5.73 Å². The van der Waals surface area contributed by atoms with Gasteiger partial charge in [-0.05, 0) is 18.2 Å². The lowest BCUT2D eigenvalue weighted by Gasteiger charge is -1.99. The first-order chi connectivity index (χ1) is 5.11. The van der Waals surface area contributed by atoms with Crippen molar-refractivity contribution < 1.29 is 9.90 Å². The fraction of sp³-hybridized carbons (Fsp3) is 0. The maximum absolute atomic E-state index is 10.8. The molecule has 0 saturated carbocycles. The number of halogens is 1. The normalized spacial score (nSPS) is 9.55. The van der Waals surface area contributed by atoms with Crippen molar-refractivity contribution in [3.8, 4) is 5.75 Å². The highest BCUT2D eigenvalue weighted by Gasteiger charge is 2.06. The van der Waals surface area contributed by atoms with Gasteiger partial charge in [0.2, 0.25) is 3.79 Å². The Bertz CT molecular complexity index is 298. The van der Waals surface area contributed by atoms with Gasteiger partial charge in [-0.3, -0.25) is 4.79 Å². The molecule has 1 aromatic rings. The zero-order valence-electron chi connectivity index (χ0n) is 5.54. The Hall–Kier alpha value is -0.780. The van der Waals surface area contributed by atoms with Crippen LogP contribution < -0.4 is 5.73 Å². The third kappa shape index (κ3) is 1.83. The van der Waals surface area contributed by atoms with Crippen LogP contribution in [0.2, 0.25) is 0 Å². The Morgan fingerprint density at radius 3 is 2.64 bits per heavy atom. The zero-order chi connectivity index (χ0) is 8.43. The molecular formula is C7H6INO2. The number of phenols is 1. The minimum Gasteiger partial charge on any atom is -0.507 e. The molecule has 4 heteroatoms. The van der Waals surface area contributed by atoms with Gasteiger partial charge in [-0.2, -0.15) is 0 Å². The van der Waals surface area contributed by atoms with Gasteiger partial charge in [0.15, 0.2) is 0 Å². The van der Waals surface area contributed by atoms with E-state index in [0.717, 1.165) is 0 Å². The van der Waals surface area contributed by atoms with Crippen molar-refractivity contribution in [3.63, 3.8) is 0 Å². The monoisotopic (exact) mass is 263 g/mol. The quantitative estimate of drug-likeness (QED) is 0.349. The number of nitrogens with two attached hydrogens (primary N) is 1. The molecule has 0 unspecified atom stereocenters. The minimum atomic E-state index is -0.215. The van der Waals surface area contributed by atoms with Crippen molar-refractivity contribution in [1.29, 1.82) is 0 Å². The summed E-state index contributed by atoms with van der Waals surface area (Å²) in [6.07, 6.45) is 0. The highest BCUT2D eigenvalue weighted by Crippen LogP contribution is 2.21. The van der Waals surface area contributed by atoms with Crippen molar-refractivity contribution in [3.05, 3.63) is 23.8 Å². The first-order valence-electron chi connectivity index (χ1n) is 2.89. The smallest absolute Gasteiger partial charge is 0.226 e. The van der Waals surface area contributed by atoms with Crippen molar-refractivity contribution in [2.24, 2.45) is 0 Å². The first-order valence-corrected chi connectivity index (χ1v) is 3.97. The van der Waals surface area contributed by atoms with Crippen molar-refractivity contribution in [1.82, 2.24) is 0 Å². The van der Waals surface area contributed by atoms with Crippen LogP contribution in [0.3, 0.4) is 0 Å². The fourth-order valence-electron chi connectivity index (χ4n) is 0.711. The Labute approximate surface area is 77.4 Å². The highest BCUT2D eigenvalue weighted by molar-refractivity contribution is 14.1. The molecule has 1 rings (SSSR count). The van der Waals surface area contributed by atoms with Crippen LogP contribution in [-0.2, 0) is 0 Å². The second-order valence-corrected chi connectivity index (χ2v) is 3.03. The minimum absolute atomic E-state index is 0.0291. The van der Waals surface area contributed by atoms with Crippen LogP contribution >= 0.6 is 22.6 Å². The molecule has 0 aromatic heterocycles. The molecule has 0 fully saturated rings. The van der Waals surface area contributed by atoms with Crippen LogP contribution in [0.5, 0.6) is 5.75 Å². The number of nitrogen functional groups attached to an aromatic ring is 1. The summed E-state index contributed by atoms with van der Waals surface area (Å²) >= 11 is 1.60. The van der Waals surface area contributed by atoms with E-state index in [1.165, 1.54) is 12.1 Å². The van der Waals surface area contributed by atoms with E-state index in [1.807, 2.05) is 0 Å². The Morgan fingerprint density at radius 1 is 1.55 bits per heavy atom. The van der Waals surface area contributed by atoms with E-state index in [2.05, 4.69) is 0 Å². The number of carbonyl (C=O) groups excluding carboxylic acids is 1. The van der Waals surface area contributed by atoms with E-state index in [1.54, 1.807) is 28.7 Å². The second kappa shape index (κ2) is 3.08. The van der Waals surface area contributed by atoms with E-state index in [0.29, 0.717) is 5.69 Å². The summed E-state index contributed by atoms with van der Waals surface area (Å²) in [6, 6.07) is 4.39. The molecule has 0 aliphatic rings. The molecule has 1 aromatic carbocycles. The molecule has 0 amide bonds. The third-order valence-corrected chi connectivity index (χ3v) is 1.81. The summed E-state index contributed by atoms with van der Waals surface area (Å²) in [7, 11) is 0. The number of carbonyl (C=O) groups is 1. The predicted molar refractivity (Wildman–Crippen MR) is 50.9 cm³/mol. The molecule has 0 heterocycles. The molecule has 0 aliphatic carbocycles. The summed E-state index contributed by atoms with van der Waals surface area (Å²) in [4.78, 5) is 10.8. The molecule has 0 bridgehead atoms. The average Bonchev–Trinajstić information content (AvgIpc) is 1.94. The van der Waals surface area contributed by atoms with Gasteiger partial charge in [0.1, 0.15) is 5.75 Å². The van der Waals surface area contributed by atoms with Gasteiger partial charge >= 0.3 is 0 Å². The number of rotatable bonds is 1. The maximum Gasteiger partial charge on any atom is 0.226 e. The summed E-state index contributed by atoms with van der Waals surface area (Å²) < 4.78 is -0.215. The zero-order valence-corrected chi connectivity index (χ0v) is 7.70. The lowest BCUT2D eigenvalue weighted by atomic mass is 10.2. The van der Waals surface area contributed by atoms with Crippen molar-refractivity contribution >= 4 is 32.1 Å². The van der Waals surface area contributed by atoms with Crippen LogP contribution in [0.1, 0.15) is 10.4 Å². The molecule has 11 heavy (non-hydrogen) atoms. The standard InChI is InChI=1S/C7H6INO2/c8-7(11)5-3-4(9)1-2-6(5)10/h1-3,10H,9H2. The van der Waals surface area contributed by atoms with Gasteiger partial charge in [0, 0.05) is 28.3 Å². The Balaban J connectivity index is 3.23. The second-order valence-electron chi connectivity index (χ2n) is 2.05. The molecule has 0 spiro atoms. The topological polar surface area (TPSA) is 63.3 Å². The van der Waals surface area contributed by atoms with Gasteiger partial charge < -0.3 is 10.8 Å². The molecule has 0 radical (unpaired) electrons. The maximum atomic E-state index is 10.8. The summed E-state index contributed by atoms with van der Waals surface area (Å²) in [5, 5.41) is 9.12. The molecule has 0 aliphatic heterocycles. The predicted octanol–water partition coefficient (Wildman–Crippen LogP) is 1.55. The lowest BCUT2D eigenvalue weighted by molar-refractivity contribution is 0.110. The van der Waals surface area contributed by atoms with E-state index < -0.39 is 0 Å². The Morgan fingerprint density at radius 2 is 2.18 bits per heavy atom. The van der Waals surface area contributed by atoms with E-state index in [9.17, 15) is 4.79 Å². The third-order valence-electron chi connectivity index (χ3n) is 1.23. The van der Waals surface area contributed by atoms with Crippen LogP contribution in [0.15, 0.2) is 18.2 Å². The fourth-order valence-corrected chi connectivity index (χ4v) is 1.14. The molecule has 0 saturated heterocycles. The SMILES string of the molecule is Nc1ccc(O)c(C(=O)I)c1. The first kappa shape index (κ1) is 8.32. The van der Waals surface area contributed by atoms with Gasteiger partial charge in [0.25, 0.3) is 0 Å². The summed E-state index contributed by atoms with van der Waals surface area (Å²) in [5.74, 6) is -0.0291. The molecular weight excluding hydrogens is 257 g/mol. The Kier molecular flexibility index (Phi) is 2.33. The van der Waals surface area contributed by atoms with Crippen LogP contribution in [0.4, 0.5) is 5.69 Å². The van der Waals surface area contributed by atoms with Crippen LogP contribution in [0, 0.1) is 0 Å². The van der Waals surface area contributed by atoms with Crippen molar-refractivity contribution in [2.45, 2.75) is 0 Å². The van der Waals surface area contributed by atoms with Gasteiger partial charge in [-0.1, -0.05) is 0 Å². The molecule has 3 nitrogen and oxygen atoms in total. The van der Waals surface area contributed by atoms with E-state index >= 15 is 0 Å². The van der Waals surface area contributed by atoms with Gasteiger partial charge in [-0.15, -0.1) is 0 Å². The number of hydrogen-bond acceptors (Lipinski definition) is 3. The number of aromatic hydroxyl groups is 1. The molecule has 0 atom stereocenters. The highest BCUT2D eigenvalue weighted by atomic mass is 127. The molecule has 3 N–H and O–H groups in total. The van der Waals surface area contributed by atoms with E-state index in [-0.39, 0.29) is 15.1 Å². The average molecular weight is 263 g/mol. The van der Waals surface area contributed by atoms with Gasteiger partial charge in [0.05, 0.1) is 5.56 Å². The van der Waals surface area contributed by atoms with Crippen LogP contribution in [-0.4, -0.2) is 8.90 Å². The van der Waals surface area contributed by atoms with Gasteiger partial charge in [-0.25, -0.2) is 0 Å². The summed E-state index contributed by atoms with van der Waals surface area (Å²) in [6.45, 7) is 0. The van der Waals surface area contributed by atoms with E-state index in [4.69, 9.17) is 10.8 Å². The largest absolute Gasteiger partial charge is 0.507 e. The number of anilines is 1. The lowest BCUT2D eigenvalue weighted by Crippen LogP contribution is -1.91. The van der Waals surface area contributed by atoms with Crippen LogP contribution in [0.25, 0.3) is 0 Å². The number of phenolic OH excluding ortho intramolecular Hbond substituents is 1. The number of benzene rings is 1. The summed E-state index contributed by atoms with van der Waals surface area (Å²) in [5.41, 5.74) is 6.13. The number of hydrogen-bond donors (Lipinski definition) is 2. The molecule has 58 valence electrons.